The smallest absolute Gasteiger partial charge is 0.193 e. The molecule has 0 unspecified atom stereocenters. The normalized spacial score (nSPS) is 11.8. The fourth-order valence-electron chi connectivity index (χ4n) is 1.89. The standard InChI is InChI=1S/C16H15NO3/c17-14(16(19)20)10-11-6-8-13(9-7-11)15(18)12-4-2-1-3-5-12/h1-9,14H,10,17H2,(H,19,20)/p-1/t14-/m0/s1. The first kappa shape index (κ1) is 14.0. The second-order valence-electron chi connectivity index (χ2n) is 4.52. The van der Waals surface area contributed by atoms with Gasteiger partial charge in [0.25, 0.3) is 0 Å². The fourth-order valence-corrected chi connectivity index (χ4v) is 1.89. The molecule has 0 aromatic heterocycles. The predicted molar refractivity (Wildman–Crippen MR) is 73.0 cm³/mol. The van der Waals surface area contributed by atoms with Crippen molar-refractivity contribution < 1.29 is 14.7 Å². The van der Waals surface area contributed by atoms with Crippen LogP contribution in [0.1, 0.15) is 21.5 Å². The molecule has 102 valence electrons. The van der Waals surface area contributed by atoms with Crippen LogP contribution in [0.3, 0.4) is 0 Å². The van der Waals surface area contributed by atoms with E-state index >= 15 is 0 Å². The molecule has 0 bridgehead atoms. The number of carboxylic acid groups (broad SMARTS) is 1. The van der Waals surface area contributed by atoms with Crippen molar-refractivity contribution in [2.24, 2.45) is 5.73 Å². The third-order valence-corrected chi connectivity index (χ3v) is 3.01. The zero-order valence-corrected chi connectivity index (χ0v) is 10.8. The van der Waals surface area contributed by atoms with Crippen LogP contribution in [0.15, 0.2) is 54.6 Å². The Morgan fingerprint density at radius 2 is 1.50 bits per heavy atom. The van der Waals surface area contributed by atoms with Crippen LogP contribution < -0.4 is 10.8 Å². The van der Waals surface area contributed by atoms with Crippen LogP contribution in [0.25, 0.3) is 0 Å². The molecule has 0 amide bonds. The number of carbonyl (C=O) groups excluding carboxylic acids is 2. The van der Waals surface area contributed by atoms with Gasteiger partial charge in [0.1, 0.15) is 0 Å². The Balaban J connectivity index is 2.12. The molecule has 20 heavy (non-hydrogen) atoms. The van der Waals surface area contributed by atoms with Crippen LogP contribution in [0, 0.1) is 0 Å². The molecule has 4 nitrogen and oxygen atoms in total. The third-order valence-electron chi connectivity index (χ3n) is 3.01. The van der Waals surface area contributed by atoms with E-state index in [2.05, 4.69) is 0 Å². The van der Waals surface area contributed by atoms with Crippen LogP contribution in [-0.4, -0.2) is 17.8 Å². The summed E-state index contributed by atoms with van der Waals surface area (Å²) in [5.41, 5.74) is 7.34. The topological polar surface area (TPSA) is 83.2 Å². The van der Waals surface area contributed by atoms with Crippen molar-refractivity contribution in [2.45, 2.75) is 12.5 Å². The van der Waals surface area contributed by atoms with Crippen molar-refractivity contribution in [1.82, 2.24) is 0 Å². The van der Waals surface area contributed by atoms with Gasteiger partial charge in [0, 0.05) is 17.2 Å². The number of ketones is 1. The van der Waals surface area contributed by atoms with Crippen molar-refractivity contribution in [1.29, 1.82) is 0 Å². The quantitative estimate of drug-likeness (QED) is 0.802. The van der Waals surface area contributed by atoms with E-state index in [9.17, 15) is 14.7 Å². The SMILES string of the molecule is N[C@@H](Cc1ccc(C(=O)c2ccccc2)cc1)C(=O)[O-]. The number of benzene rings is 2. The van der Waals surface area contributed by atoms with E-state index < -0.39 is 12.0 Å². The van der Waals surface area contributed by atoms with Crippen LogP contribution in [0.4, 0.5) is 0 Å². The van der Waals surface area contributed by atoms with Gasteiger partial charge in [-0.2, -0.15) is 0 Å². The average molecular weight is 268 g/mol. The van der Waals surface area contributed by atoms with Crippen molar-refractivity contribution in [3.8, 4) is 0 Å². The summed E-state index contributed by atoms with van der Waals surface area (Å²) in [6.45, 7) is 0. The maximum atomic E-state index is 12.2. The van der Waals surface area contributed by atoms with E-state index in [1.165, 1.54) is 0 Å². The summed E-state index contributed by atoms with van der Waals surface area (Å²) in [6, 6.07) is 14.7. The highest BCUT2D eigenvalue weighted by Crippen LogP contribution is 2.12. The zero-order chi connectivity index (χ0) is 14.5. The number of carbonyl (C=O) groups is 2. The maximum Gasteiger partial charge on any atom is 0.193 e. The van der Waals surface area contributed by atoms with Gasteiger partial charge < -0.3 is 15.6 Å². The number of carboxylic acids is 1. The number of aliphatic carboxylic acids is 1. The summed E-state index contributed by atoms with van der Waals surface area (Å²) in [5, 5.41) is 10.6. The molecule has 0 aliphatic heterocycles. The van der Waals surface area contributed by atoms with Crippen molar-refractivity contribution in [3.63, 3.8) is 0 Å². The monoisotopic (exact) mass is 268 g/mol. The van der Waals surface area contributed by atoms with Crippen LogP contribution in [-0.2, 0) is 11.2 Å². The van der Waals surface area contributed by atoms with Gasteiger partial charge in [-0.3, -0.25) is 4.79 Å². The van der Waals surface area contributed by atoms with E-state index in [1.807, 2.05) is 6.07 Å². The van der Waals surface area contributed by atoms with Crippen LogP contribution in [0.2, 0.25) is 0 Å². The largest absolute Gasteiger partial charge is 0.548 e. The van der Waals surface area contributed by atoms with Gasteiger partial charge >= 0.3 is 0 Å². The van der Waals surface area contributed by atoms with Gasteiger partial charge in [-0.25, -0.2) is 0 Å². The minimum absolute atomic E-state index is 0.0682. The molecule has 0 radical (unpaired) electrons. The molecule has 0 saturated heterocycles. The molecular weight excluding hydrogens is 254 g/mol. The number of nitrogens with two attached hydrogens (primary N) is 1. The molecule has 2 aromatic rings. The summed E-state index contributed by atoms with van der Waals surface area (Å²) in [7, 11) is 0. The fraction of sp³-hybridized carbons (Fsp3) is 0.125. The molecule has 0 fully saturated rings. The van der Waals surface area contributed by atoms with Gasteiger partial charge in [0.2, 0.25) is 0 Å². The minimum atomic E-state index is -1.28. The van der Waals surface area contributed by atoms with Gasteiger partial charge in [-0.1, -0.05) is 54.6 Å². The molecule has 0 saturated carbocycles. The molecule has 2 N–H and O–H groups in total. The van der Waals surface area contributed by atoms with E-state index in [0.29, 0.717) is 11.1 Å². The summed E-state index contributed by atoms with van der Waals surface area (Å²) in [4.78, 5) is 22.7. The van der Waals surface area contributed by atoms with E-state index in [0.717, 1.165) is 5.56 Å². The molecule has 0 spiro atoms. The first-order valence-corrected chi connectivity index (χ1v) is 6.23. The maximum absolute atomic E-state index is 12.2. The Bertz CT molecular complexity index is 605. The Kier molecular flexibility index (Phi) is 4.27. The first-order valence-electron chi connectivity index (χ1n) is 6.23. The zero-order valence-electron chi connectivity index (χ0n) is 10.8. The molecule has 2 rings (SSSR count). The molecule has 0 aliphatic carbocycles. The molecule has 1 atom stereocenters. The lowest BCUT2D eigenvalue weighted by Gasteiger charge is -2.12. The molecular formula is C16H14NO3-. The third kappa shape index (κ3) is 3.30. The Morgan fingerprint density at radius 3 is 2.05 bits per heavy atom. The van der Waals surface area contributed by atoms with Crippen molar-refractivity contribution in [3.05, 3.63) is 71.3 Å². The van der Waals surface area contributed by atoms with Crippen LogP contribution >= 0.6 is 0 Å². The van der Waals surface area contributed by atoms with E-state index in [1.54, 1.807) is 48.5 Å². The summed E-state index contributed by atoms with van der Waals surface area (Å²) in [5.74, 6) is -1.35. The van der Waals surface area contributed by atoms with Gasteiger partial charge in [0.05, 0.1) is 5.97 Å². The highest BCUT2D eigenvalue weighted by atomic mass is 16.4. The van der Waals surface area contributed by atoms with Gasteiger partial charge in [-0.15, -0.1) is 0 Å². The molecule has 0 aliphatic rings. The first-order chi connectivity index (χ1) is 9.58. The van der Waals surface area contributed by atoms with Crippen molar-refractivity contribution >= 4 is 11.8 Å². The van der Waals surface area contributed by atoms with E-state index in [-0.39, 0.29) is 12.2 Å². The molecule has 2 aromatic carbocycles. The summed E-state index contributed by atoms with van der Waals surface area (Å²) in [6.07, 6.45) is 0.183. The number of rotatable bonds is 5. The Labute approximate surface area is 116 Å². The lowest BCUT2D eigenvalue weighted by atomic mass is 10.00. The lowest BCUT2D eigenvalue weighted by Crippen LogP contribution is -2.43. The molecule has 4 heteroatoms. The van der Waals surface area contributed by atoms with Gasteiger partial charge in [-0.05, 0) is 12.0 Å². The highest BCUT2D eigenvalue weighted by molar-refractivity contribution is 6.08. The number of hydrogen-bond acceptors (Lipinski definition) is 4. The summed E-state index contributed by atoms with van der Waals surface area (Å²) >= 11 is 0. The Hall–Kier alpha value is -2.46. The predicted octanol–water partition coefficient (Wildman–Crippen LogP) is 0.537. The summed E-state index contributed by atoms with van der Waals surface area (Å²) < 4.78 is 0. The van der Waals surface area contributed by atoms with Crippen molar-refractivity contribution in [2.75, 3.05) is 0 Å². The second-order valence-corrected chi connectivity index (χ2v) is 4.52. The average Bonchev–Trinajstić information content (AvgIpc) is 2.48. The highest BCUT2D eigenvalue weighted by Gasteiger charge is 2.09. The molecule has 0 heterocycles. The van der Waals surface area contributed by atoms with E-state index in [4.69, 9.17) is 5.73 Å². The second kappa shape index (κ2) is 6.12. The number of hydrogen-bond donors (Lipinski definition) is 1. The van der Waals surface area contributed by atoms with Gasteiger partial charge in [0.15, 0.2) is 5.78 Å². The minimum Gasteiger partial charge on any atom is -0.548 e. The lowest BCUT2D eigenvalue weighted by molar-refractivity contribution is -0.307. The Morgan fingerprint density at radius 1 is 0.950 bits per heavy atom. The van der Waals surface area contributed by atoms with Crippen LogP contribution in [0.5, 0.6) is 0 Å².